The van der Waals surface area contributed by atoms with Gasteiger partial charge in [-0.2, -0.15) is 0 Å². The molecule has 1 aliphatic heterocycles. The first-order valence-electron chi connectivity index (χ1n) is 9.88. The molecule has 2 aromatic rings. The molecule has 0 unspecified atom stereocenters. The van der Waals surface area contributed by atoms with E-state index in [-0.39, 0.29) is 42.9 Å². The van der Waals surface area contributed by atoms with Gasteiger partial charge in [-0.25, -0.2) is 4.39 Å². The van der Waals surface area contributed by atoms with Crippen molar-refractivity contribution in [3.63, 3.8) is 0 Å². The molecule has 1 aliphatic rings. The van der Waals surface area contributed by atoms with Crippen LogP contribution in [-0.2, 0) is 9.59 Å². The van der Waals surface area contributed by atoms with E-state index >= 15 is 0 Å². The summed E-state index contributed by atoms with van der Waals surface area (Å²) in [4.78, 5) is 40.2. The van der Waals surface area contributed by atoms with Gasteiger partial charge in [-0.15, -0.1) is 11.3 Å². The number of Topliss-reactive ketones (excluding diaryl/α,β-unsaturated/α-hetero) is 2. The Hall–Kier alpha value is -2.54. The summed E-state index contributed by atoms with van der Waals surface area (Å²) in [6, 6.07) is 8.40. The fourth-order valence-electron chi connectivity index (χ4n) is 3.40. The van der Waals surface area contributed by atoms with E-state index in [4.69, 9.17) is 0 Å². The number of benzene rings is 1. The lowest BCUT2D eigenvalue weighted by molar-refractivity contribution is -0.122. The van der Waals surface area contributed by atoms with Crippen molar-refractivity contribution in [1.82, 2.24) is 0 Å². The molecule has 154 valence electrons. The molecule has 5 nitrogen and oxygen atoms in total. The summed E-state index contributed by atoms with van der Waals surface area (Å²) >= 11 is 1.42. The topological polar surface area (TPSA) is 66.5 Å². The second kappa shape index (κ2) is 9.78. The third-order valence-electron chi connectivity index (χ3n) is 4.98. The average molecular weight is 417 g/mol. The fourth-order valence-corrected chi connectivity index (χ4v) is 4.23. The van der Waals surface area contributed by atoms with Crippen LogP contribution in [0, 0.1) is 12.7 Å². The van der Waals surface area contributed by atoms with Crippen LogP contribution >= 0.6 is 11.3 Å². The molecule has 0 saturated carbocycles. The lowest BCUT2D eigenvalue weighted by atomic mass is 10.1. The van der Waals surface area contributed by atoms with Gasteiger partial charge < -0.3 is 10.2 Å². The number of nitrogens with zero attached hydrogens (tertiary/aromatic N) is 1. The Morgan fingerprint density at radius 1 is 1.03 bits per heavy atom. The first-order valence-corrected chi connectivity index (χ1v) is 10.7. The molecule has 1 aromatic carbocycles. The molecule has 1 aromatic heterocycles. The lowest BCUT2D eigenvalue weighted by Gasteiger charge is -2.22. The molecular formula is C22H25FN2O3S. The maximum Gasteiger partial charge on any atom is 0.224 e. The highest BCUT2D eigenvalue weighted by Crippen LogP contribution is 2.31. The summed E-state index contributed by atoms with van der Waals surface area (Å²) in [5.41, 5.74) is 0.856. The summed E-state index contributed by atoms with van der Waals surface area (Å²) in [5.74, 6) is -1.08. The van der Waals surface area contributed by atoms with Crippen LogP contribution in [-0.4, -0.2) is 30.6 Å². The molecule has 1 saturated heterocycles. The Morgan fingerprint density at radius 3 is 2.45 bits per heavy atom. The highest BCUT2D eigenvalue weighted by molar-refractivity contribution is 7.14. The molecule has 2 heterocycles. The number of nitrogens with one attached hydrogen (secondary N) is 1. The first kappa shape index (κ1) is 21.2. The molecule has 0 spiro atoms. The van der Waals surface area contributed by atoms with Gasteiger partial charge in [-0.05, 0) is 44.0 Å². The largest absolute Gasteiger partial charge is 0.370 e. The zero-order chi connectivity index (χ0) is 20.8. The number of ketones is 2. The van der Waals surface area contributed by atoms with Crippen molar-refractivity contribution in [2.24, 2.45) is 0 Å². The van der Waals surface area contributed by atoms with Crippen LogP contribution in [0.1, 0.15) is 53.1 Å². The van der Waals surface area contributed by atoms with E-state index in [2.05, 4.69) is 10.2 Å². The number of halogens is 1. The Labute approximate surface area is 173 Å². The fraction of sp³-hybridized carbons (Fsp3) is 0.409. The van der Waals surface area contributed by atoms with Gasteiger partial charge in [0.2, 0.25) is 5.91 Å². The first-order chi connectivity index (χ1) is 13.9. The summed E-state index contributed by atoms with van der Waals surface area (Å²) in [6.45, 7) is 3.60. The molecule has 1 fully saturated rings. The predicted molar refractivity (Wildman–Crippen MR) is 113 cm³/mol. The number of rotatable bonds is 9. The van der Waals surface area contributed by atoms with Gasteiger partial charge in [0.15, 0.2) is 5.78 Å². The number of carbonyl (C=O) groups is 3. The van der Waals surface area contributed by atoms with Gasteiger partial charge in [-0.1, -0.05) is 6.07 Å². The predicted octanol–water partition coefficient (Wildman–Crippen LogP) is 4.75. The van der Waals surface area contributed by atoms with Crippen LogP contribution in [0.2, 0.25) is 0 Å². The van der Waals surface area contributed by atoms with Crippen LogP contribution in [0.25, 0.3) is 0 Å². The smallest absolute Gasteiger partial charge is 0.224 e. The maximum atomic E-state index is 14.3. The Morgan fingerprint density at radius 2 is 1.76 bits per heavy atom. The third kappa shape index (κ3) is 5.73. The molecule has 29 heavy (non-hydrogen) atoms. The Bertz CT molecular complexity index is 903. The van der Waals surface area contributed by atoms with Crippen LogP contribution < -0.4 is 10.2 Å². The number of thiophene rings is 1. The standard InChI is InChI=1S/C22H25FN2O3S/c1-15-7-11-20(29-15)19(27)10-8-16(26)9-12-21(28)24-22-17(23)5-4-6-18(22)25-13-2-3-14-25/h4-7,11H,2-3,8-10,12-14H2,1H3,(H,24,28). The monoisotopic (exact) mass is 416 g/mol. The zero-order valence-corrected chi connectivity index (χ0v) is 17.3. The second-order valence-electron chi connectivity index (χ2n) is 7.25. The molecule has 3 rings (SSSR count). The van der Waals surface area contributed by atoms with Gasteiger partial charge in [-0.3, -0.25) is 14.4 Å². The molecule has 0 atom stereocenters. The van der Waals surface area contributed by atoms with E-state index in [0.717, 1.165) is 30.8 Å². The van der Waals surface area contributed by atoms with Crippen molar-refractivity contribution in [3.8, 4) is 0 Å². The number of anilines is 2. The van der Waals surface area contributed by atoms with Crippen molar-refractivity contribution >= 4 is 40.2 Å². The van der Waals surface area contributed by atoms with Gasteiger partial charge in [0.05, 0.1) is 10.6 Å². The molecule has 7 heteroatoms. The van der Waals surface area contributed by atoms with Crippen molar-refractivity contribution in [1.29, 1.82) is 0 Å². The van der Waals surface area contributed by atoms with E-state index in [0.29, 0.717) is 10.6 Å². The van der Waals surface area contributed by atoms with Gasteiger partial charge >= 0.3 is 0 Å². The van der Waals surface area contributed by atoms with Crippen LogP contribution in [0.15, 0.2) is 30.3 Å². The number of carbonyl (C=O) groups excluding carboxylic acids is 3. The van der Waals surface area contributed by atoms with Crippen molar-refractivity contribution in [2.75, 3.05) is 23.3 Å². The molecule has 0 aliphatic carbocycles. The van der Waals surface area contributed by atoms with E-state index in [1.165, 1.54) is 17.4 Å². The van der Waals surface area contributed by atoms with Gasteiger partial charge in [0.1, 0.15) is 17.3 Å². The number of amides is 1. The molecular weight excluding hydrogens is 391 g/mol. The summed E-state index contributed by atoms with van der Waals surface area (Å²) in [7, 11) is 0. The molecule has 0 radical (unpaired) electrons. The Kier molecular flexibility index (Phi) is 7.14. The SMILES string of the molecule is Cc1ccc(C(=O)CCC(=O)CCC(=O)Nc2c(F)cccc2N2CCCC2)s1. The summed E-state index contributed by atoms with van der Waals surface area (Å²) < 4.78 is 14.3. The quantitative estimate of drug-likeness (QED) is 0.599. The van der Waals surface area contributed by atoms with Gasteiger partial charge in [0.25, 0.3) is 0 Å². The third-order valence-corrected chi connectivity index (χ3v) is 6.02. The molecule has 0 bridgehead atoms. The van der Waals surface area contributed by atoms with E-state index in [9.17, 15) is 18.8 Å². The van der Waals surface area contributed by atoms with Gasteiger partial charge in [0, 0.05) is 43.6 Å². The maximum absolute atomic E-state index is 14.3. The number of hydrogen-bond donors (Lipinski definition) is 1. The summed E-state index contributed by atoms with van der Waals surface area (Å²) in [6.07, 6.45) is 2.36. The number of hydrogen-bond acceptors (Lipinski definition) is 5. The van der Waals surface area contributed by atoms with E-state index in [1.54, 1.807) is 18.2 Å². The Balaban J connectivity index is 1.48. The molecule has 1 N–H and O–H groups in total. The average Bonchev–Trinajstić information content (AvgIpc) is 3.38. The minimum Gasteiger partial charge on any atom is -0.370 e. The van der Waals surface area contributed by atoms with Crippen molar-refractivity contribution < 1.29 is 18.8 Å². The minimum absolute atomic E-state index is 0.0289. The van der Waals surface area contributed by atoms with Crippen molar-refractivity contribution in [2.45, 2.75) is 45.4 Å². The number of para-hydroxylation sites is 1. The number of aryl methyl sites for hydroxylation is 1. The van der Waals surface area contributed by atoms with Crippen LogP contribution in [0.3, 0.4) is 0 Å². The van der Waals surface area contributed by atoms with E-state index in [1.807, 2.05) is 13.0 Å². The normalized spacial score (nSPS) is 13.5. The van der Waals surface area contributed by atoms with Crippen molar-refractivity contribution in [3.05, 3.63) is 45.9 Å². The van der Waals surface area contributed by atoms with E-state index < -0.39 is 11.7 Å². The highest BCUT2D eigenvalue weighted by atomic mass is 32.1. The summed E-state index contributed by atoms with van der Waals surface area (Å²) in [5, 5.41) is 2.63. The molecule has 1 amide bonds. The lowest BCUT2D eigenvalue weighted by Crippen LogP contribution is -2.22. The van der Waals surface area contributed by atoms with Crippen LogP contribution in [0.5, 0.6) is 0 Å². The van der Waals surface area contributed by atoms with Crippen LogP contribution in [0.4, 0.5) is 15.8 Å². The highest BCUT2D eigenvalue weighted by Gasteiger charge is 2.20. The zero-order valence-electron chi connectivity index (χ0n) is 16.5. The minimum atomic E-state index is -0.481. The second-order valence-corrected chi connectivity index (χ2v) is 8.54.